The molecular formula is C14H26N2O3. The van der Waals surface area contributed by atoms with E-state index in [4.69, 9.17) is 9.47 Å². The molecule has 5 nitrogen and oxygen atoms in total. The van der Waals surface area contributed by atoms with Crippen molar-refractivity contribution in [2.75, 3.05) is 26.3 Å². The molecule has 1 amide bonds. The second-order valence-corrected chi connectivity index (χ2v) is 6.52. The maximum atomic E-state index is 12.1. The van der Waals surface area contributed by atoms with E-state index in [0.29, 0.717) is 12.1 Å². The van der Waals surface area contributed by atoms with E-state index in [1.54, 1.807) is 0 Å². The van der Waals surface area contributed by atoms with Crippen LogP contribution in [0.4, 0.5) is 4.79 Å². The molecule has 2 saturated heterocycles. The minimum Gasteiger partial charge on any atom is -0.444 e. The standard InChI is InChI=1S/C14H26N2O3/c1-14(2,3)19-13(17)16-7-5-4-6-11(8-16)15-12-9-18-10-12/h11-12,15H,4-10H2,1-3H3. The van der Waals surface area contributed by atoms with Crippen LogP contribution in [0.2, 0.25) is 0 Å². The first-order valence-corrected chi connectivity index (χ1v) is 7.26. The fourth-order valence-electron chi connectivity index (χ4n) is 2.44. The van der Waals surface area contributed by atoms with Crippen molar-refractivity contribution in [2.45, 2.75) is 57.7 Å². The van der Waals surface area contributed by atoms with Gasteiger partial charge in [0.1, 0.15) is 5.60 Å². The average molecular weight is 270 g/mol. The quantitative estimate of drug-likeness (QED) is 0.831. The molecular weight excluding hydrogens is 244 g/mol. The Labute approximate surface area is 115 Å². The highest BCUT2D eigenvalue weighted by molar-refractivity contribution is 5.68. The number of ether oxygens (including phenoxy) is 2. The van der Waals surface area contributed by atoms with Gasteiger partial charge in [0.05, 0.1) is 19.3 Å². The number of hydrogen-bond acceptors (Lipinski definition) is 4. The zero-order valence-electron chi connectivity index (χ0n) is 12.3. The highest BCUT2D eigenvalue weighted by Gasteiger charge is 2.28. The summed E-state index contributed by atoms with van der Waals surface area (Å²) < 4.78 is 10.6. The Bertz CT molecular complexity index is 310. The van der Waals surface area contributed by atoms with Gasteiger partial charge in [0.25, 0.3) is 0 Å². The number of nitrogens with zero attached hydrogens (tertiary/aromatic N) is 1. The van der Waals surface area contributed by atoms with E-state index in [1.165, 1.54) is 0 Å². The molecule has 1 atom stereocenters. The predicted octanol–water partition coefficient (Wildman–Crippen LogP) is 1.76. The summed E-state index contributed by atoms with van der Waals surface area (Å²) in [5, 5.41) is 3.57. The molecule has 1 unspecified atom stereocenters. The third-order valence-corrected chi connectivity index (χ3v) is 3.43. The lowest BCUT2D eigenvalue weighted by Gasteiger charge is -2.33. The van der Waals surface area contributed by atoms with E-state index >= 15 is 0 Å². The van der Waals surface area contributed by atoms with Crippen LogP contribution >= 0.6 is 0 Å². The van der Waals surface area contributed by atoms with Gasteiger partial charge in [-0.3, -0.25) is 0 Å². The molecule has 0 radical (unpaired) electrons. The Hall–Kier alpha value is -0.810. The molecule has 1 N–H and O–H groups in total. The lowest BCUT2D eigenvalue weighted by molar-refractivity contribution is -0.0129. The van der Waals surface area contributed by atoms with E-state index in [1.807, 2.05) is 25.7 Å². The normalized spacial score (nSPS) is 25.6. The third kappa shape index (κ3) is 4.66. The molecule has 2 aliphatic rings. The molecule has 0 aromatic carbocycles. The maximum absolute atomic E-state index is 12.1. The molecule has 2 aliphatic heterocycles. The number of nitrogens with one attached hydrogen (secondary N) is 1. The molecule has 0 aromatic heterocycles. The molecule has 110 valence electrons. The Morgan fingerprint density at radius 1 is 1.26 bits per heavy atom. The summed E-state index contributed by atoms with van der Waals surface area (Å²) in [6.07, 6.45) is 3.14. The smallest absolute Gasteiger partial charge is 0.410 e. The minimum absolute atomic E-state index is 0.189. The number of carbonyl (C=O) groups excluding carboxylic acids is 1. The van der Waals surface area contributed by atoms with E-state index in [2.05, 4.69) is 5.32 Å². The van der Waals surface area contributed by atoms with Gasteiger partial charge in [-0.05, 0) is 33.6 Å². The highest BCUT2D eigenvalue weighted by Crippen LogP contribution is 2.16. The van der Waals surface area contributed by atoms with Gasteiger partial charge in [-0.2, -0.15) is 0 Å². The van der Waals surface area contributed by atoms with Crippen molar-refractivity contribution >= 4 is 6.09 Å². The average Bonchev–Trinajstić information content (AvgIpc) is 2.46. The fourth-order valence-corrected chi connectivity index (χ4v) is 2.44. The van der Waals surface area contributed by atoms with Crippen molar-refractivity contribution in [1.82, 2.24) is 10.2 Å². The molecule has 0 aromatic rings. The summed E-state index contributed by atoms with van der Waals surface area (Å²) in [6, 6.07) is 0.826. The van der Waals surface area contributed by atoms with Gasteiger partial charge in [0.15, 0.2) is 0 Å². The Kier molecular flexibility index (Phi) is 4.68. The van der Waals surface area contributed by atoms with Crippen molar-refractivity contribution in [1.29, 1.82) is 0 Å². The Morgan fingerprint density at radius 2 is 2.00 bits per heavy atom. The second-order valence-electron chi connectivity index (χ2n) is 6.52. The monoisotopic (exact) mass is 270 g/mol. The molecule has 0 spiro atoms. The molecule has 0 aliphatic carbocycles. The van der Waals surface area contributed by atoms with E-state index in [-0.39, 0.29) is 6.09 Å². The number of carbonyl (C=O) groups is 1. The largest absolute Gasteiger partial charge is 0.444 e. The van der Waals surface area contributed by atoms with Gasteiger partial charge in [0, 0.05) is 19.1 Å². The zero-order valence-corrected chi connectivity index (χ0v) is 12.3. The molecule has 0 bridgehead atoms. The van der Waals surface area contributed by atoms with E-state index in [0.717, 1.165) is 45.6 Å². The molecule has 2 heterocycles. The summed E-state index contributed by atoms with van der Waals surface area (Å²) in [6.45, 7) is 8.85. The zero-order chi connectivity index (χ0) is 13.9. The first kappa shape index (κ1) is 14.6. The molecule has 2 rings (SSSR count). The van der Waals surface area contributed by atoms with Crippen molar-refractivity contribution in [2.24, 2.45) is 0 Å². The van der Waals surface area contributed by atoms with Gasteiger partial charge in [-0.15, -0.1) is 0 Å². The van der Waals surface area contributed by atoms with Crippen molar-refractivity contribution in [3.8, 4) is 0 Å². The van der Waals surface area contributed by atoms with Crippen LogP contribution < -0.4 is 5.32 Å². The van der Waals surface area contributed by atoms with E-state index in [9.17, 15) is 4.79 Å². The van der Waals surface area contributed by atoms with Crippen LogP contribution in [0.25, 0.3) is 0 Å². The predicted molar refractivity (Wildman–Crippen MR) is 73.2 cm³/mol. The summed E-state index contributed by atoms with van der Waals surface area (Å²) in [7, 11) is 0. The van der Waals surface area contributed by atoms with Gasteiger partial charge >= 0.3 is 6.09 Å². The minimum atomic E-state index is -0.422. The van der Waals surface area contributed by atoms with Crippen molar-refractivity contribution in [3.63, 3.8) is 0 Å². The summed E-state index contributed by atoms with van der Waals surface area (Å²) in [5.74, 6) is 0. The number of rotatable bonds is 2. The van der Waals surface area contributed by atoms with Crippen LogP contribution in [0.3, 0.4) is 0 Å². The van der Waals surface area contributed by atoms with Crippen LogP contribution in [0, 0.1) is 0 Å². The molecule has 2 fully saturated rings. The lowest BCUT2D eigenvalue weighted by Crippen LogP contribution is -2.53. The summed E-state index contributed by atoms with van der Waals surface area (Å²) in [5.41, 5.74) is -0.422. The fraction of sp³-hybridized carbons (Fsp3) is 0.929. The van der Waals surface area contributed by atoms with Crippen LogP contribution in [0.15, 0.2) is 0 Å². The number of amides is 1. The number of hydrogen-bond donors (Lipinski definition) is 1. The highest BCUT2D eigenvalue weighted by atomic mass is 16.6. The van der Waals surface area contributed by atoms with Gasteiger partial charge < -0.3 is 19.7 Å². The van der Waals surface area contributed by atoms with Crippen LogP contribution in [-0.4, -0.2) is 55.0 Å². The number of likely N-dealkylation sites (tertiary alicyclic amines) is 1. The summed E-state index contributed by atoms with van der Waals surface area (Å²) in [4.78, 5) is 14.0. The van der Waals surface area contributed by atoms with Crippen LogP contribution in [0.5, 0.6) is 0 Å². The maximum Gasteiger partial charge on any atom is 0.410 e. The van der Waals surface area contributed by atoms with Crippen LogP contribution in [0.1, 0.15) is 40.0 Å². The second kappa shape index (κ2) is 6.09. The summed E-state index contributed by atoms with van der Waals surface area (Å²) >= 11 is 0. The van der Waals surface area contributed by atoms with E-state index < -0.39 is 5.60 Å². The third-order valence-electron chi connectivity index (χ3n) is 3.43. The molecule has 19 heavy (non-hydrogen) atoms. The Balaban J connectivity index is 1.86. The Morgan fingerprint density at radius 3 is 2.58 bits per heavy atom. The lowest BCUT2D eigenvalue weighted by atomic mass is 10.1. The topological polar surface area (TPSA) is 50.8 Å². The van der Waals surface area contributed by atoms with Gasteiger partial charge in [0.2, 0.25) is 0 Å². The van der Waals surface area contributed by atoms with Gasteiger partial charge in [-0.1, -0.05) is 6.42 Å². The molecule has 0 saturated carbocycles. The van der Waals surface area contributed by atoms with Gasteiger partial charge in [-0.25, -0.2) is 4.79 Å². The van der Waals surface area contributed by atoms with Crippen molar-refractivity contribution < 1.29 is 14.3 Å². The molecule has 5 heteroatoms. The SMILES string of the molecule is CC(C)(C)OC(=O)N1CCCCC(NC2COC2)C1. The van der Waals surface area contributed by atoms with Crippen molar-refractivity contribution in [3.05, 3.63) is 0 Å². The first-order valence-electron chi connectivity index (χ1n) is 7.26. The van der Waals surface area contributed by atoms with Crippen LogP contribution in [-0.2, 0) is 9.47 Å². The first-order chi connectivity index (χ1) is 8.94.